The van der Waals surface area contributed by atoms with Crippen LogP contribution in [0.5, 0.6) is 0 Å². The van der Waals surface area contributed by atoms with Crippen LogP contribution >= 0.6 is 11.6 Å². The number of halogens is 2. The van der Waals surface area contributed by atoms with Crippen LogP contribution in [-0.2, 0) is 6.54 Å². The van der Waals surface area contributed by atoms with Crippen LogP contribution in [0.2, 0.25) is 5.02 Å². The van der Waals surface area contributed by atoms with Gasteiger partial charge in [-0.2, -0.15) is 5.10 Å². The molecule has 90 valence electrons. The maximum absolute atomic E-state index is 13.3. The Balaban J connectivity index is 1.99. The highest BCUT2D eigenvalue weighted by molar-refractivity contribution is 6.30. The van der Waals surface area contributed by atoms with Gasteiger partial charge in [-0.25, -0.2) is 9.37 Å². The zero-order valence-corrected chi connectivity index (χ0v) is 10.0. The standard InChI is InChI=1S/C11H12ClFN4/c1-7(14-5-11-15-6-16-17-11)8-2-3-9(12)10(13)4-8/h2-4,6-7,14H,5H2,1H3,(H,15,16,17). The smallest absolute Gasteiger partial charge is 0.142 e. The molecule has 0 aliphatic carbocycles. The lowest BCUT2D eigenvalue weighted by molar-refractivity contribution is 0.553. The molecule has 2 aromatic rings. The lowest BCUT2D eigenvalue weighted by Gasteiger charge is -2.13. The number of benzene rings is 1. The van der Waals surface area contributed by atoms with Gasteiger partial charge in [0, 0.05) is 6.04 Å². The lowest BCUT2D eigenvalue weighted by Crippen LogP contribution is -2.19. The van der Waals surface area contributed by atoms with Crippen molar-refractivity contribution in [2.24, 2.45) is 0 Å². The summed E-state index contributed by atoms with van der Waals surface area (Å²) in [6.45, 7) is 2.49. The van der Waals surface area contributed by atoms with E-state index in [0.29, 0.717) is 6.54 Å². The Hall–Kier alpha value is -1.46. The van der Waals surface area contributed by atoms with Crippen molar-refractivity contribution in [2.75, 3.05) is 0 Å². The van der Waals surface area contributed by atoms with Crippen LogP contribution in [0.1, 0.15) is 24.4 Å². The molecule has 0 aliphatic heterocycles. The van der Waals surface area contributed by atoms with Crippen molar-refractivity contribution in [3.8, 4) is 0 Å². The topological polar surface area (TPSA) is 53.6 Å². The van der Waals surface area contributed by atoms with Crippen molar-refractivity contribution in [3.05, 3.63) is 46.8 Å². The van der Waals surface area contributed by atoms with Gasteiger partial charge < -0.3 is 5.32 Å². The van der Waals surface area contributed by atoms with E-state index < -0.39 is 5.82 Å². The molecule has 0 saturated carbocycles. The lowest BCUT2D eigenvalue weighted by atomic mass is 10.1. The first-order chi connectivity index (χ1) is 8.16. The maximum Gasteiger partial charge on any atom is 0.142 e. The van der Waals surface area contributed by atoms with E-state index in [1.54, 1.807) is 12.1 Å². The number of H-pyrrole nitrogens is 1. The number of hydrogen-bond donors (Lipinski definition) is 2. The maximum atomic E-state index is 13.3. The average molecular weight is 255 g/mol. The largest absolute Gasteiger partial charge is 0.303 e. The Bertz CT molecular complexity index is 486. The summed E-state index contributed by atoms with van der Waals surface area (Å²) in [6, 6.07) is 4.79. The Labute approximate surface area is 103 Å². The van der Waals surface area contributed by atoms with E-state index in [2.05, 4.69) is 20.5 Å². The Morgan fingerprint density at radius 3 is 3.00 bits per heavy atom. The summed E-state index contributed by atoms with van der Waals surface area (Å²) in [7, 11) is 0. The van der Waals surface area contributed by atoms with Gasteiger partial charge in [-0.15, -0.1) is 0 Å². The quantitative estimate of drug-likeness (QED) is 0.881. The normalized spacial score (nSPS) is 12.6. The van der Waals surface area contributed by atoms with E-state index in [0.717, 1.165) is 11.4 Å². The first kappa shape index (κ1) is 12.0. The fourth-order valence-electron chi connectivity index (χ4n) is 1.47. The van der Waals surface area contributed by atoms with Crippen molar-refractivity contribution in [2.45, 2.75) is 19.5 Å². The Morgan fingerprint density at radius 1 is 1.53 bits per heavy atom. The molecule has 1 aromatic heterocycles. The van der Waals surface area contributed by atoms with Gasteiger partial charge in [-0.1, -0.05) is 17.7 Å². The molecule has 1 unspecified atom stereocenters. The zero-order chi connectivity index (χ0) is 12.3. The number of rotatable bonds is 4. The van der Waals surface area contributed by atoms with Crippen LogP contribution in [-0.4, -0.2) is 15.2 Å². The van der Waals surface area contributed by atoms with Crippen molar-refractivity contribution >= 4 is 11.6 Å². The molecule has 1 atom stereocenters. The van der Waals surface area contributed by atoms with Crippen LogP contribution in [0.3, 0.4) is 0 Å². The third kappa shape index (κ3) is 3.01. The van der Waals surface area contributed by atoms with E-state index in [9.17, 15) is 4.39 Å². The fraction of sp³-hybridized carbons (Fsp3) is 0.273. The second kappa shape index (κ2) is 5.25. The molecule has 0 aliphatic rings. The van der Waals surface area contributed by atoms with Gasteiger partial charge in [0.2, 0.25) is 0 Å². The minimum absolute atomic E-state index is 0.00636. The molecule has 1 aromatic carbocycles. The van der Waals surface area contributed by atoms with Gasteiger partial charge in [0.05, 0.1) is 11.6 Å². The average Bonchev–Trinajstić information content (AvgIpc) is 2.82. The van der Waals surface area contributed by atoms with Crippen LogP contribution < -0.4 is 5.32 Å². The summed E-state index contributed by atoms with van der Waals surface area (Å²) < 4.78 is 13.3. The van der Waals surface area contributed by atoms with Gasteiger partial charge in [-0.05, 0) is 24.6 Å². The SMILES string of the molecule is CC(NCc1ncn[nH]1)c1ccc(Cl)c(F)c1. The molecule has 17 heavy (non-hydrogen) atoms. The van der Waals surface area contributed by atoms with Crippen molar-refractivity contribution in [3.63, 3.8) is 0 Å². The van der Waals surface area contributed by atoms with E-state index in [1.165, 1.54) is 12.4 Å². The molecule has 2 rings (SSSR count). The minimum Gasteiger partial charge on any atom is -0.303 e. The number of hydrogen-bond acceptors (Lipinski definition) is 3. The molecule has 0 amide bonds. The monoisotopic (exact) mass is 254 g/mol. The summed E-state index contributed by atoms with van der Waals surface area (Å²) in [6.07, 6.45) is 1.45. The molecular formula is C11H12ClFN4. The molecule has 0 saturated heterocycles. The van der Waals surface area contributed by atoms with E-state index >= 15 is 0 Å². The Kier molecular flexibility index (Phi) is 3.71. The zero-order valence-electron chi connectivity index (χ0n) is 9.24. The number of nitrogens with one attached hydrogen (secondary N) is 2. The van der Waals surface area contributed by atoms with Crippen LogP contribution in [0.4, 0.5) is 4.39 Å². The molecular weight excluding hydrogens is 243 g/mol. The molecule has 4 nitrogen and oxygen atoms in total. The van der Waals surface area contributed by atoms with E-state index in [-0.39, 0.29) is 11.1 Å². The van der Waals surface area contributed by atoms with Crippen LogP contribution in [0.25, 0.3) is 0 Å². The number of nitrogens with zero attached hydrogens (tertiary/aromatic N) is 2. The summed E-state index contributed by atoms with van der Waals surface area (Å²) >= 11 is 5.62. The van der Waals surface area contributed by atoms with Gasteiger partial charge in [0.1, 0.15) is 18.0 Å². The highest BCUT2D eigenvalue weighted by Gasteiger charge is 2.08. The summed E-state index contributed by atoms with van der Waals surface area (Å²) in [5.74, 6) is 0.337. The van der Waals surface area contributed by atoms with E-state index in [1.807, 2.05) is 6.92 Å². The third-order valence-electron chi connectivity index (χ3n) is 2.48. The molecule has 0 spiro atoms. The molecule has 6 heteroatoms. The predicted molar refractivity (Wildman–Crippen MR) is 63.0 cm³/mol. The first-order valence-corrected chi connectivity index (χ1v) is 5.57. The van der Waals surface area contributed by atoms with Crippen LogP contribution in [0.15, 0.2) is 24.5 Å². The van der Waals surface area contributed by atoms with Gasteiger partial charge in [0.15, 0.2) is 0 Å². The summed E-state index contributed by atoms with van der Waals surface area (Å²) in [5, 5.41) is 9.83. The van der Waals surface area contributed by atoms with Crippen molar-refractivity contribution in [1.82, 2.24) is 20.5 Å². The second-order valence-electron chi connectivity index (χ2n) is 3.71. The van der Waals surface area contributed by atoms with Crippen molar-refractivity contribution in [1.29, 1.82) is 0 Å². The molecule has 2 N–H and O–H groups in total. The van der Waals surface area contributed by atoms with E-state index in [4.69, 9.17) is 11.6 Å². The molecule has 0 bridgehead atoms. The number of aromatic nitrogens is 3. The van der Waals surface area contributed by atoms with Gasteiger partial charge in [-0.3, -0.25) is 5.10 Å². The first-order valence-electron chi connectivity index (χ1n) is 5.19. The fourth-order valence-corrected chi connectivity index (χ4v) is 1.58. The molecule has 1 heterocycles. The second-order valence-corrected chi connectivity index (χ2v) is 4.12. The highest BCUT2D eigenvalue weighted by Crippen LogP contribution is 2.20. The minimum atomic E-state index is -0.405. The number of aromatic amines is 1. The Morgan fingerprint density at radius 2 is 2.35 bits per heavy atom. The predicted octanol–water partition coefficient (Wildman–Crippen LogP) is 2.45. The van der Waals surface area contributed by atoms with Gasteiger partial charge >= 0.3 is 0 Å². The van der Waals surface area contributed by atoms with Crippen molar-refractivity contribution < 1.29 is 4.39 Å². The molecule has 0 fully saturated rings. The van der Waals surface area contributed by atoms with Gasteiger partial charge in [0.25, 0.3) is 0 Å². The summed E-state index contributed by atoms with van der Waals surface area (Å²) in [5.41, 5.74) is 0.839. The molecule has 0 radical (unpaired) electrons. The van der Waals surface area contributed by atoms with Crippen LogP contribution in [0, 0.1) is 5.82 Å². The third-order valence-corrected chi connectivity index (χ3v) is 2.79. The highest BCUT2D eigenvalue weighted by atomic mass is 35.5. The summed E-state index contributed by atoms with van der Waals surface area (Å²) in [4.78, 5) is 3.99.